The van der Waals surface area contributed by atoms with Gasteiger partial charge in [0.05, 0.1) is 12.4 Å². The summed E-state index contributed by atoms with van der Waals surface area (Å²) in [5.41, 5.74) is 6.50. The van der Waals surface area contributed by atoms with E-state index in [0.29, 0.717) is 36.5 Å². The number of carboxylic acid groups (broad SMARTS) is 1. The highest BCUT2D eigenvalue weighted by atomic mass is 32.2. The summed E-state index contributed by atoms with van der Waals surface area (Å²) in [6, 6.07) is -3.75. The van der Waals surface area contributed by atoms with Gasteiger partial charge in [0.1, 0.15) is 18.1 Å². The number of carbonyl (C=O) groups excluding carboxylic acids is 3. The average Bonchev–Trinajstić information content (AvgIpc) is 3.34. The minimum absolute atomic E-state index is 0.0185. The zero-order valence-corrected chi connectivity index (χ0v) is 22.7. The zero-order chi connectivity index (χ0) is 26.2. The van der Waals surface area contributed by atoms with Crippen molar-refractivity contribution in [3.63, 3.8) is 0 Å². The standard InChI is InChI=1S/C21H36N6O5S3/c1-33-7-4-14(22)18(28)25-15(5-8-34-2)19(29)26-16(6-9-35-3)20(30)27-17(21(31)32)10-13-11-23-12-24-13/h11-12,14-17H,4-10,22H2,1-3H3,(H,23,24)(H,25,28)(H,26,29)(H,27,30)(H,31,32). The fourth-order valence-corrected chi connectivity index (χ4v) is 4.46. The summed E-state index contributed by atoms with van der Waals surface area (Å²) < 4.78 is 0. The number of rotatable bonds is 18. The molecule has 11 nitrogen and oxygen atoms in total. The highest BCUT2D eigenvalue weighted by Gasteiger charge is 2.30. The van der Waals surface area contributed by atoms with Crippen molar-refractivity contribution in [3.05, 3.63) is 18.2 Å². The second-order valence-electron chi connectivity index (χ2n) is 7.75. The summed E-state index contributed by atoms with van der Waals surface area (Å²) in [6.45, 7) is 0. The molecule has 1 heterocycles. The number of aromatic nitrogens is 2. The number of nitrogens with one attached hydrogen (secondary N) is 4. The van der Waals surface area contributed by atoms with Gasteiger partial charge in [-0.15, -0.1) is 0 Å². The minimum atomic E-state index is -1.20. The van der Waals surface area contributed by atoms with Gasteiger partial charge in [0, 0.05) is 18.3 Å². The van der Waals surface area contributed by atoms with Crippen molar-refractivity contribution in [1.82, 2.24) is 25.9 Å². The first kappa shape index (κ1) is 31.1. The van der Waals surface area contributed by atoms with E-state index < -0.39 is 47.9 Å². The smallest absolute Gasteiger partial charge is 0.326 e. The van der Waals surface area contributed by atoms with Crippen molar-refractivity contribution in [2.45, 2.75) is 49.9 Å². The van der Waals surface area contributed by atoms with Crippen molar-refractivity contribution < 1.29 is 24.3 Å². The molecule has 0 fully saturated rings. The van der Waals surface area contributed by atoms with E-state index >= 15 is 0 Å². The van der Waals surface area contributed by atoms with E-state index in [2.05, 4.69) is 25.9 Å². The average molecular weight is 549 g/mol. The molecule has 14 heteroatoms. The van der Waals surface area contributed by atoms with E-state index in [-0.39, 0.29) is 6.42 Å². The lowest BCUT2D eigenvalue weighted by molar-refractivity contribution is -0.142. The van der Waals surface area contributed by atoms with E-state index in [1.807, 2.05) is 18.8 Å². The molecular formula is C21H36N6O5S3. The van der Waals surface area contributed by atoms with E-state index in [4.69, 9.17) is 5.73 Å². The Morgan fingerprint density at radius 2 is 1.37 bits per heavy atom. The monoisotopic (exact) mass is 548 g/mol. The van der Waals surface area contributed by atoms with Crippen LogP contribution in [0.2, 0.25) is 0 Å². The zero-order valence-electron chi connectivity index (χ0n) is 20.2. The number of aliphatic carboxylic acids is 1. The number of aromatic amines is 1. The Hall–Kier alpha value is -1.90. The van der Waals surface area contributed by atoms with Crippen LogP contribution < -0.4 is 21.7 Å². The third kappa shape index (κ3) is 12.1. The van der Waals surface area contributed by atoms with E-state index in [1.54, 1.807) is 11.8 Å². The lowest BCUT2D eigenvalue weighted by atomic mass is 10.1. The number of thioether (sulfide) groups is 3. The van der Waals surface area contributed by atoms with Crippen LogP contribution in [-0.4, -0.2) is 99.0 Å². The Morgan fingerprint density at radius 3 is 1.83 bits per heavy atom. The molecule has 4 unspecified atom stereocenters. The van der Waals surface area contributed by atoms with Crippen LogP contribution in [0, 0.1) is 0 Å². The van der Waals surface area contributed by atoms with Crippen LogP contribution >= 0.6 is 35.3 Å². The molecule has 0 radical (unpaired) electrons. The molecule has 4 atom stereocenters. The summed E-state index contributed by atoms with van der Waals surface area (Å²) in [7, 11) is 0. The highest BCUT2D eigenvalue weighted by molar-refractivity contribution is 7.98. The van der Waals surface area contributed by atoms with E-state index in [0.717, 1.165) is 5.75 Å². The van der Waals surface area contributed by atoms with Crippen molar-refractivity contribution in [1.29, 1.82) is 0 Å². The van der Waals surface area contributed by atoms with Crippen LogP contribution in [-0.2, 0) is 25.6 Å². The molecule has 0 aliphatic heterocycles. The molecule has 1 aromatic heterocycles. The Balaban J connectivity index is 2.90. The number of imidazole rings is 1. The van der Waals surface area contributed by atoms with Gasteiger partial charge >= 0.3 is 5.97 Å². The summed E-state index contributed by atoms with van der Waals surface area (Å²) in [6.07, 6.45) is 9.75. The molecule has 1 rings (SSSR count). The van der Waals surface area contributed by atoms with Crippen LogP contribution in [0.25, 0.3) is 0 Å². The molecule has 0 saturated carbocycles. The lowest BCUT2D eigenvalue weighted by Gasteiger charge is -2.25. The van der Waals surface area contributed by atoms with Gasteiger partial charge in [-0.3, -0.25) is 14.4 Å². The van der Waals surface area contributed by atoms with Crippen molar-refractivity contribution in [3.8, 4) is 0 Å². The highest BCUT2D eigenvalue weighted by Crippen LogP contribution is 2.07. The SMILES string of the molecule is CSCCC(N)C(=O)NC(CCSC)C(=O)NC(CCSC)C(=O)NC(Cc1cnc[nH]1)C(=O)O. The second kappa shape index (κ2) is 17.5. The van der Waals surface area contributed by atoms with Gasteiger partial charge in [0.2, 0.25) is 17.7 Å². The fraction of sp³-hybridized carbons (Fsp3) is 0.667. The molecule has 0 aliphatic carbocycles. The van der Waals surface area contributed by atoms with E-state index in [1.165, 1.54) is 36.0 Å². The number of nitrogens with zero attached hydrogens (tertiary/aromatic N) is 1. The van der Waals surface area contributed by atoms with Gasteiger partial charge < -0.3 is 31.8 Å². The summed E-state index contributed by atoms with van der Waals surface area (Å²) in [5, 5.41) is 17.5. The van der Waals surface area contributed by atoms with Gasteiger partial charge in [-0.05, 0) is 55.3 Å². The first-order valence-electron chi connectivity index (χ1n) is 11.1. The maximum atomic E-state index is 13.1. The number of nitrogens with two attached hydrogens (primary N) is 1. The molecule has 1 aromatic rings. The fourth-order valence-electron chi connectivity index (χ4n) is 3.02. The van der Waals surface area contributed by atoms with Crippen LogP contribution in [0.15, 0.2) is 12.5 Å². The molecular weight excluding hydrogens is 512 g/mol. The Bertz CT molecular complexity index is 798. The molecule has 7 N–H and O–H groups in total. The molecule has 0 aliphatic rings. The summed E-state index contributed by atoms with van der Waals surface area (Å²) in [4.78, 5) is 56.9. The predicted octanol–water partition coefficient (Wildman–Crippen LogP) is 0.0778. The minimum Gasteiger partial charge on any atom is -0.480 e. The third-order valence-corrected chi connectivity index (χ3v) is 6.98. The number of hydrogen-bond donors (Lipinski definition) is 6. The maximum Gasteiger partial charge on any atom is 0.326 e. The molecule has 35 heavy (non-hydrogen) atoms. The van der Waals surface area contributed by atoms with Crippen molar-refractivity contribution in [2.75, 3.05) is 36.0 Å². The van der Waals surface area contributed by atoms with Gasteiger partial charge in [0.25, 0.3) is 0 Å². The van der Waals surface area contributed by atoms with Crippen LogP contribution in [0.5, 0.6) is 0 Å². The van der Waals surface area contributed by atoms with E-state index in [9.17, 15) is 24.3 Å². The van der Waals surface area contributed by atoms with Gasteiger partial charge in [-0.25, -0.2) is 9.78 Å². The molecule has 0 spiro atoms. The molecule has 0 aromatic carbocycles. The van der Waals surface area contributed by atoms with Crippen LogP contribution in [0.1, 0.15) is 25.0 Å². The number of H-pyrrole nitrogens is 1. The molecule has 3 amide bonds. The predicted molar refractivity (Wildman–Crippen MR) is 143 cm³/mol. The van der Waals surface area contributed by atoms with Crippen molar-refractivity contribution >= 4 is 59.0 Å². The number of carbonyl (C=O) groups is 4. The first-order chi connectivity index (χ1) is 16.7. The topological polar surface area (TPSA) is 179 Å². The quantitative estimate of drug-likeness (QED) is 0.147. The Kier molecular flexibility index (Phi) is 15.6. The molecule has 0 bridgehead atoms. The third-order valence-electron chi connectivity index (χ3n) is 5.05. The Labute approximate surface area is 218 Å². The van der Waals surface area contributed by atoms with Crippen molar-refractivity contribution in [2.24, 2.45) is 5.73 Å². The summed E-state index contributed by atoms with van der Waals surface area (Å²) in [5.74, 6) is -0.833. The van der Waals surface area contributed by atoms with Gasteiger partial charge in [0.15, 0.2) is 0 Å². The Morgan fingerprint density at radius 1 is 0.886 bits per heavy atom. The summed E-state index contributed by atoms with van der Waals surface area (Å²) >= 11 is 4.60. The maximum absolute atomic E-state index is 13.1. The largest absolute Gasteiger partial charge is 0.480 e. The lowest BCUT2D eigenvalue weighted by Crippen LogP contribution is -2.57. The molecule has 0 saturated heterocycles. The number of amides is 3. The van der Waals surface area contributed by atoms with Gasteiger partial charge in [-0.1, -0.05) is 0 Å². The second-order valence-corrected chi connectivity index (χ2v) is 10.7. The normalized spacial score (nSPS) is 14.4. The first-order valence-corrected chi connectivity index (χ1v) is 15.2. The number of carboxylic acids is 1. The van der Waals surface area contributed by atoms with Crippen LogP contribution in [0.3, 0.4) is 0 Å². The molecule has 198 valence electrons. The number of hydrogen-bond acceptors (Lipinski definition) is 9. The van der Waals surface area contributed by atoms with Crippen LogP contribution in [0.4, 0.5) is 0 Å². The van der Waals surface area contributed by atoms with Gasteiger partial charge in [-0.2, -0.15) is 35.3 Å².